The number of fused-ring (bicyclic) bond motifs is 1. The molecule has 1 amide bonds. The topological polar surface area (TPSA) is 41.4 Å². The summed E-state index contributed by atoms with van der Waals surface area (Å²) in [5.74, 6) is 1.01. The number of imidazole rings is 1. The monoisotopic (exact) mass is 290 g/mol. The van der Waals surface area contributed by atoms with Crippen molar-refractivity contribution >= 4 is 17.2 Å². The first-order valence-corrected chi connectivity index (χ1v) is 7.59. The van der Waals surface area contributed by atoms with E-state index in [2.05, 4.69) is 26.7 Å². The maximum Gasteiger partial charge on any atom is 0.271 e. The minimum atomic E-state index is 0.0232. The van der Waals surface area contributed by atoms with Crippen LogP contribution in [0.3, 0.4) is 0 Å². The molecule has 20 heavy (non-hydrogen) atoms. The lowest BCUT2D eigenvalue weighted by Crippen LogP contribution is -2.35. The molecule has 1 aliphatic heterocycles. The van der Waals surface area contributed by atoms with Gasteiger partial charge in [0.05, 0.1) is 12.7 Å². The smallest absolute Gasteiger partial charge is 0.271 e. The van der Waals surface area contributed by atoms with Crippen molar-refractivity contribution in [2.45, 2.75) is 19.6 Å². The molecule has 2 aromatic rings. The first-order chi connectivity index (χ1) is 9.65. The zero-order chi connectivity index (χ0) is 14.1. The third-order valence-electron chi connectivity index (χ3n) is 3.55. The number of thiophene rings is 1. The van der Waals surface area contributed by atoms with Crippen LogP contribution in [-0.2, 0) is 19.6 Å². The fourth-order valence-corrected chi connectivity index (χ4v) is 3.15. The van der Waals surface area contributed by atoms with E-state index in [1.807, 2.05) is 4.57 Å². The predicted octanol–water partition coefficient (Wildman–Crippen LogP) is 1.66. The van der Waals surface area contributed by atoms with Crippen LogP contribution in [0.2, 0.25) is 0 Å². The maximum absolute atomic E-state index is 12.1. The average molecular weight is 290 g/mol. The van der Waals surface area contributed by atoms with Gasteiger partial charge in [-0.25, -0.2) is 4.98 Å². The lowest BCUT2D eigenvalue weighted by molar-refractivity contribution is 0.0812. The van der Waals surface area contributed by atoms with Gasteiger partial charge in [-0.2, -0.15) is 11.3 Å². The largest absolute Gasteiger partial charge is 0.343 e. The van der Waals surface area contributed by atoms with Crippen molar-refractivity contribution in [2.75, 3.05) is 20.6 Å². The summed E-state index contributed by atoms with van der Waals surface area (Å²) in [5, 5.41) is 4.29. The third-order valence-corrected chi connectivity index (χ3v) is 4.29. The van der Waals surface area contributed by atoms with Crippen LogP contribution in [0.4, 0.5) is 0 Å². The Bertz CT molecular complexity index is 603. The summed E-state index contributed by atoms with van der Waals surface area (Å²) in [6, 6.07) is 2.16. The van der Waals surface area contributed by atoms with Gasteiger partial charge in [-0.15, -0.1) is 0 Å². The minimum Gasteiger partial charge on any atom is -0.343 e. The highest BCUT2D eigenvalue weighted by Gasteiger charge is 2.23. The van der Waals surface area contributed by atoms with Gasteiger partial charge in [0.15, 0.2) is 0 Å². The van der Waals surface area contributed by atoms with Gasteiger partial charge in [0.1, 0.15) is 11.5 Å². The standard InChI is InChI=1S/C14H18N4OS/c1-16(2)14(19)12-7-15-13-9-17(4-5-18(12)13)8-11-3-6-20-10-11/h3,6-7,10H,4-5,8-9H2,1-2H3. The predicted molar refractivity (Wildman–Crippen MR) is 78.7 cm³/mol. The maximum atomic E-state index is 12.1. The normalized spacial score (nSPS) is 15.1. The number of carbonyl (C=O) groups is 1. The fraction of sp³-hybridized carbons (Fsp3) is 0.429. The number of rotatable bonds is 3. The highest BCUT2D eigenvalue weighted by molar-refractivity contribution is 7.07. The Morgan fingerprint density at radius 1 is 1.45 bits per heavy atom. The molecule has 3 rings (SSSR count). The van der Waals surface area contributed by atoms with E-state index in [0.717, 1.165) is 32.0 Å². The van der Waals surface area contributed by atoms with Crippen molar-refractivity contribution < 1.29 is 4.79 Å². The van der Waals surface area contributed by atoms with Crippen LogP contribution in [-0.4, -0.2) is 45.9 Å². The van der Waals surface area contributed by atoms with Crippen LogP contribution in [0.5, 0.6) is 0 Å². The van der Waals surface area contributed by atoms with E-state index < -0.39 is 0 Å². The summed E-state index contributed by atoms with van der Waals surface area (Å²) in [6.45, 7) is 3.53. The SMILES string of the molecule is CN(C)C(=O)c1cnc2n1CCN(Cc1ccsc1)C2. The quantitative estimate of drug-likeness (QED) is 0.863. The summed E-state index contributed by atoms with van der Waals surface area (Å²) >= 11 is 1.73. The minimum absolute atomic E-state index is 0.0232. The fourth-order valence-electron chi connectivity index (χ4n) is 2.49. The summed E-state index contributed by atoms with van der Waals surface area (Å²) in [4.78, 5) is 20.5. The third kappa shape index (κ3) is 2.48. The Hall–Kier alpha value is -1.66. The first kappa shape index (κ1) is 13.3. The molecule has 0 bridgehead atoms. The van der Waals surface area contributed by atoms with Gasteiger partial charge in [-0.3, -0.25) is 9.69 Å². The van der Waals surface area contributed by atoms with Crippen molar-refractivity contribution in [3.05, 3.63) is 40.1 Å². The summed E-state index contributed by atoms with van der Waals surface area (Å²) in [5.41, 5.74) is 2.04. The molecule has 3 heterocycles. The van der Waals surface area contributed by atoms with Crippen LogP contribution >= 0.6 is 11.3 Å². The zero-order valence-electron chi connectivity index (χ0n) is 11.7. The second kappa shape index (κ2) is 5.38. The Morgan fingerprint density at radius 3 is 3.00 bits per heavy atom. The van der Waals surface area contributed by atoms with E-state index in [4.69, 9.17) is 0 Å². The number of nitrogens with zero attached hydrogens (tertiary/aromatic N) is 4. The zero-order valence-corrected chi connectivity index (χ0v) is 12.6. The van der Waals surface area contributed by atoms with Gasteiger partial charge in [0.2, 0.25) is 0 Å². The second-order valence-corrected chi connectivity index (χ2v) is 6.03. The van der Waals surface area contributed by atoms with E-state index in [1.165, 1.54) is 5.56 Å². The van der Waals surface area contributed by atoms with E-state index in [9.17, 15) is 4.79 Å². The summed E-state index contributed by atoms with van der Waals surface area (Å²) < 4.78 is 2.05. The molecule has 1 aliphatic rings. The van der Waals surface area contributed by atoms with E-state index in [1.54, 1.807) is 36.5 Å². The molecule has 0 saturated carbocycles. The molecule has 0 radical (unpaired) electrons. The molecule has 0 unspecified atom stereocenters. The first-order valence-electron chi connectivity index (χ1n) is 6.64. The number of hydrogen-bond donors (Lipinski definition) is 0. The van der Waals surface area contributed by atoms with Crippen LogP contribution < -0.4 is 0 Å². The molecule has 2 aromatic heterocycles. The Balaban J connectivity index is 1.75. The molecule has 0 fully saturated rings. The molecular weight excluding hydrogens is 272 g/mol. The van der Waals surface area contributed by atoms with Gasteiger partial charge in [0, 0.05) is 33.7 Å². The molecule has 106 valence electrons. The molecular formula is C14H18N4OS. The van der Waals surface area contributed by atoms with Crippen LogP contribution in [0.15, 0.2) is 23.0 Å². The molecule has 0 aliphatic carbocycles. The van der Waals surface area contributed by atoms with E-state index in [-0.39, 0.29) is 5.91 Å². The molecule has 5 nitrogen and oxygen atoms in total. The van der Waals surface area contributed by atoms with Gasteiger partial charge in [-0.05, 0) is 22.4 Å². The number of hydrogen-bond acceptors (Lipinski definition) is 4. The molecule has 0 atom stereocenters. The molecule has 0 spiro atoms. The van der Waals surface area contributed by atoms with Gasteiger partial charge in [0.25, 0.3) is 5.91 Å². The molecule has 0 N–H and O–H groups in total. The Kier molecular flexibility index (Phi) is 3.58. The van der Waals surface area contributed by atoms with E-state index in [0.29, 0.717) is 5.69 Å². The lowest BCUT2D eigenvalue weighted by Gasteiger charge is -2.28. The Morgan fingerprint density at radius 2 is 2.30 bits per heavy atom. The summed E-state index contributed by atoms with van der Waals surface area (Å²) in [7, 11) is 3.54. The van der Waals surface area contributed by atoms with Crippen molar-refractivity contribution in [3.8, 4) is 0 Å². The number of aromatic nitrogens is 2. The number of amides is 1. The Labute approximate surface area is 122 Å². The van der Waals surface area contributed by atoms with Crippen LogP contribution in [0.1, 0.15) is 21.9 Å². The summed E-state index contributed by atoms with van der Waals surface area (Å²) in [6.07, 6.45) is 1.70. The van der Waals surface area contributed by atoms with Crippen LogP contribution in [0.25, 0.3) is 0 Å². The average Bonchev–Trinajstić information content (AvgIpc) is 3.06. The molecule has 6 heteroatoms. The van der Waals surface area contributed by atoms with Crippen molar-refractivity contribution in [1.29, 1.82) is 0 Å². The second-order valence-electron chi connectivity index (χ2n) is 5.25. The molecule has 0 saturated heterocycles. The lowest BCUT2D eigenvalue weighted by atomic mass is 10.2. The van der Waals surface area contributed by atoms with E-state index >= 15 is 0 Å². The van der Waals surface area contributed by atoms with Gasteiger partial charge in [-0.1, -0.05) is 0 Å². The van der Waals surface area contributed by atoms with Crippen molar-refractivity contribution in [1.82, 2.24) is 19.4 Å². The van der Waals surface area contributed by atoms with Crippen molar-refractivity contribution in [2.24, 2.45) is 0 Å². The molecule has 0 aromatic carbocycles. The van der Waals surface area contributed by atoms with Crippen LogP contribution in [0, 0.1) is 0 Å². The van der Waals surface area contributed by atoms with Gasteiger partial charge < -0.3 is 9.47 Å². The van der Waals surface area contributed by atoms with Gasteiger partial charge >= 0.3 is 0 Å². The highest BCUT2D eigenvalue weighted by atomic mass is 32.1. The van der Waals surface area contributed by atoms with Crippen molar-refractivity contribution in [3.63, 3.8) is 0 Å². The number of carbonyl (C=O) groups excluding carboxylic acids is 1. The highest BCUT2D eigenvalue weighted by Crippen LogP contribution is 2.18.